The van der Waals surface area contributed by atoms with Crippen LogP contribution in [0.5, 0.6) is 5.75 Å². The summed E-state index contributed by atoms with van der Waals surface area (Å²) in [7, 11) is 3.38. The molecular weight excluding hydrogens is 502 g/mol. The van der Waals surface area contributed by atoms with E-state index in [0.29, 0.717) is 23.6 Å². The molecule has 204 valence electrons. The number of halogens is 1. The first-order chi connectivity index (χ1) is 17.5. The van der Waals surface area contributed by atoms with E-state index in [1.807, 2.05) is 37.3 Å². The first-order valence-corrected chi connectivity index (χ1v) is 12.0. The number of benzene rings is 2. The fraction of sp³-hybridized carbons (Fsp3) is 0.440. The van der Waals surface area contributed by atoms with Gasteiger partial charge in [-0.05, 0) is 48.2 Å². The molecule has 0 aromatic heterocycles. The number of rotatable bonds is 6. The van der Waals surface area contributed by atoms with Gasteiger partial charge >= 0.3 is 0 Å². The number of hydrogen-bond donors (Lipinski definition) is 7. The molecule has 1 heterocycles. The molecule has 1 aliphatic rings. The van der Waals surface area contributed by atoms with Crippen molar-refractivity contribution in [2.24, 2.45) is 16.5 Å². The minimum absolute atomic E-state index is 0.0509. The molecule has 9 N–H and O–H groups in total. The van der Waals surface area contributed by atoms with Gasteiger partial charge in [0.1, 0.15) is 36.3 Å². The van der Waals surface area contributed by atoms with Crippen molar-refractivity contribution in [1.82, 2.24) is 4.90 Å². The second-order valence-electron chi connectivity index (χ2n) is 8.61. The lowest BCUT2D eigenvalue weighted by Gasteiger charge is -2.40. The summed E-state index contributed by atoms with van der Waals surface area (Å²) < 4.78 is 11.1. The third kappa shape index (κ3) is 8.56. The van der Waals surface area contributed by atoms with Gasteiger partial charge in [0.05, 0.1) is 13.2 Å². The van der Waals surface area contributed by atoms with E-state index in [1.165, 1.54) is 4.90 Å². The molecule has 2 aromatic rings. The summed E-state index contributed by atoms with van der Waals surface area (Å²) in [5.74, 6) is 0.760. The van der Waals surface area contributed by atoms with Crippen molar-refractivity contribution < 1.29 is 29.9 Å². The van der Waals surface area contributed by atoms with Gasteiger partial charge in [0, 0.05) is 19.1 Å². The van der Waals surface area contributed by atoms with Crippen molar-refractivity contribution >= 4 is 23.5 Å². The number of ether oxygens (including phenoxy) is 2. The summed E-state index contributed by atoms with van der Waals surface area (Å²) >= 11 is 6.35. The fourth-order valence-electron chi connectivity index (χ4n) is 3.60. The summed E-state index contributed by atoms with van der Waals surface area (Å²) in [6, 6.07) is 12.9. The number of nitrogens with zero attached hydrogens (tertiary/aromatic N) is 2. The van der Waals surface area contributed by atoms with Crippen LogP contribution >= 0.6 is 11.6 Å². The zero-order valence-corrected chi connectivity index (χ0v) is 21.8. The zero-order chi connectivity index (χ0) is 27.7. The van der Waals surface area contributed by atoms with Crippen LogP contribution in [0.15, 0.2) is 47.5 Å². The molecule has 3 rings (SSSR count). The summed E-state index contributed by atoms with van der Waals surface area (Å²) in [5, 5.41) is 47.3. The van der Waals surface area contributed by atoms with Gasteiger partial charge in [-0.3, -0.25) is 5.41 Å². The molecule has 11 nitrogen and oxygen atoms in total. The van der Waals surface area contributed by atoms with Crippen molar-refractivity contribution in [3.8, 4) is 5.75 Å². The van der Waals surface area contributed by atoms with Gasteiger partial charge in [0.25, 0.3) is 0 Å². The number of aliphatic hydroxyl groups is 4. The van der Waals surface area contributed by atoms with Gasteiger partial charge in [-0.25, -0.2) is 0 Å². The smallest absolute Gasteiger partial charge is 0.220 e. The van der Waals surface area contributed by atoms with Gasteiger partial charge in [-0.2, -0.15) is 4.99 Å². The van der Waals surface area contributed by atoms with Gasteiger partial charge in [-0.15, -0.1) is 0 Å². The first-order valence-electron chi connectivity index (χ1n) is 11.6. The third-order valence-electron chi connectivity index (χ3n) is 5.58. The second kappa shape index (κ2) is 14.1. The molecule has 12 heteroatoms. The summed E-state index contributed by atoms with van der Waals surface area (Å²) in [5.41, 5.74) is 12.5. The fourth-order valence-corrected chi connectivity index (χ4v) is 3.78. The minimum atomic E-state index is -1.42. The second-order valence-corrected chi connectivity index (χ2v) is 9.02. The van der Waals surface area contributed by atoms with E-state index < -0.39 is 37.1 Å². The molecule has 5 atom stereocenters. The standard InChI is InChI=1S/C21H25ClO6.C4H11N5/c1-2-27-15-6-3-12(4-7-15)9-14-10-13(5-8-16(14)22)21-20(26)19(25)18(24)17(11-23)28-21;1-9(2)4(7)8-3(5)6/h3-8,10,17-21,23-26H,2,9,11H2,1H3;1-2H3,(H5,5,6,7,8)/t17-,18-,19+,20-,21+;/m1./s1. The highest BCUT2D eigenvalue weighted by Crippen LogP contribution is 2.34. The largest absolute Gasteiger partial charge is 0.494 e. The maximum atomic E-state index is 10.3. The van der Waals surface area contributed by atoms with Crippen LogP contribution < -0.4 is 16.2 Å². The number of aliphatic imine (C=N–C) groups is 1. The van der Waals surface area contributed by atoms with Gasteiger partial charge in [0.15, 0.2) is 5.96 Å². The van der Waals surface area contributed by atoms with E-state index >= 15 is 0 Å². The Morgan fingerprint density at radius 3 is 2.24 bits per heavy atom. The highest BCUT2D eigenvalue weighted by molar-refractivity contribution is 6.31. The molecule has 1 fully saturated rings. The SMILES string of the molecule is CCOc1ccc(Cc2cc([C@@H]3O[C@H](CO)[C@@H](O)[C@H](O)[C@H]3O)ccc2Cl)cc1.CN(C)C(=N)N=C(N)N. The van der Waals surface area contributed by atoms with E-state index in [2.05, 4.69) is 4.99 Å². The lowest BCUT2D eigenvalue weighted by Crippen LogP contribution is -2.55. The van der Waals surface area contributed by atoms with Crippen LogP contribution in [-0.4, -0.2) is 89.0 Å². The number of nitrogens with two attached hydrogens (primary N) is 2. The van der Waals surface area contributed by atoms with Crippen LogP contribution in [-0.2, 0) is 11.2 Å². The van der Waals surface area contributed by atoms with Crippen molar-refractivity contribution in [3.63, 3.8) is 0 Å². The van der Waals surface area contributed by atoms with Crippen LogP contribution in [0.2, 0.25) is 5.02 Å². The van der Waals surface area contributed by atoms with E-state index in [1.54, 1.807) is 26.2 Å². The molecular formula is C25H36ClN5O6. The molecule has 0 saturated carbocycles. The third-order valence-corrected chi connectivity index (χ3v) is 5.95. The Bertz CT molecular complexity index is 1050. The Labute approximate surface area is 221 Å². The topological polar surface area (TPSA) is 191 Å². The molecule has 1 aliphatic heterocycles. The van der Waals surface area contributed by atoms with Gasteiger partial charge in [-0.1, -0.05) is 35.9 Å². The van der Waals surface area contributed by atoms with E-state index in [4.69, 9.17) is 38.0 Å². The number of hydrogen-bond acceptors (Lipinski definition) is 7. The quantitative estimate of drug-likeness (QED) is 0.204. The van der Waals surface area contributed by atoms with E-state index in [0.717, 1.165) is 16.9 Å². The molecule has 0 aliphatic carbocycles. The van der Waals surface area contributed by atoms with Crippen molar-refractivity contribution in [3.05, 3.63) is 64.2 Å². The van der Waals surface area contributed by atoms with E-state index in [-0.39, 0.29) is 11.9 Å². The number of nitrogens with one attached hydrogen (secondary N) is 1. The minimum Gasteiger partial charge on any atom is -0.494 e. The Morgan fingerprint density at radius 2 is 1.73 bits per heavy atom. The average molecular weight is 538 g/mol. The van der Waals surface area contributed by atoms with Crippen LogP contribution in [0.25, 0.3) is 0 Å². The summed E-state index contributed by atoms with van der Waals surface area (Å²) in [6.45, 7) is 2.07. The van der Waals surface area contributed by atoms with Gasteiger partial charge < -0.3 is 46.3 Å². The van der Waals surface area contributed by atoms with Crippen molar-refractivity contribution in [1.29, 1.82) is 5.41 Å². The van der Waals surface area contributed by atoms with Crippen LogP contribution in [0.1, 0.15) is 29.7 Å². The Kier molecular flexibility index (Phi) is 11.6. The predicted molar refractivity (Wildman–Crippen MR) is 142 cm³/mol. The van der Waals surface area contributed by atoms with Crippen LogP contribution in [0.3, 0.4) is 0 Å². The molecule has 37 heavy (non-hydrogen) atoms. The number of aliphatic hydroxyl groups excluding tert-OH is 4. The Hall–Kier alpha value is -2.93. The normalized spacial score (nSPS) is 22.9. The zero-order valence-electron chi connectivity index (χ0n) is 21.1. The predicted octanol–water partition coefficient (Wildman–Crippen LogP) is 0.601. The Morgan fingerprint density at radius 1 is 1.08 bits per heavy atom. The highest BCUT2D eigenvalue weighted by atomic mass is 35.5. The summed E-state index contributed by atoms with van der Waals surface area (Å²) in [6.07, 6.45) is -5.39. The lowest BCUT2D eigenvalue weighted by atomic mass is 9.90. The van der Waals surface area contributed by atoms with E-state index in [9.17, 15) is 20.4 Å². The number of guanidine groups is 2. The molecule has 0 radical (unpaired) electrons. The molecule has 0 bridgehead atoms. The Balaban J connectivity index is 0.000000458. The maximum absolute atomic E-state index is 10.3. The monoisotopic (exact) mass is 537 g/mol. The molecule has 1 saturated heterocycles. The van der Waals surface area contributed by atoms with Crippen molar-refractivity contribution in [2.45, 2.75) is 43.9 Å². The molecule has 2 aromatic carbocycles. The summed E-state index contributed by atoms with van der Waals surface area (Å²) in [4.78, 5) is 4.96. The molecule has 0 spiro atoms. The van der Waals surface area contributed by atoms with Gasteiger partial charge in [0.2, 0.25) is 5.96 Å². The maximum Gasteiger partial charge on any atom is 0.220 e. The molecule has 0 unspecified atom stereocenters. The van der Waals surface area contributed by atoms with Crippen LogP contribution in [0.4, 0.5) is 0 Å². The lowest BCUT2D eigenvalue weighted by molar-refractivity contribution is -0.231. The van der Waals surface area contributed by atoms with Crippen molar-refractivity contribution in [2.75, 3.05) is 27.3 Å². The first kappa shape index (κ1) is 30.3. The molecule has 0 amide bonds. The highest BCUT2D eigenvalue weighted by Gasteiger charge is 2.44. The van der Waals surface area contributed by atoms with Crippen LogP contribution in [0, 0.1) is 5.41 Å². The average Bonchev–Trinajstić information content (AvgIpc) is 2.85.